The smallest absolute Gasteiger partial charge is 0.303 e. The Labute approximate surface area is 129 Å². The highest BCUT2D eigenvalue weighted by Crippen LogP contribution is 2.13. The second-order valence-electron chi connectivity index (χ2n) is 5.14. The van der Waals surface area contributed by atoms with Crippen LogP contribution in [0.25, 0.3) is 5.69 Å². The predicted octanol–water partition coefficient (Wildman–Crippen LogP) is 2.12. The first-order chi connectivity index (χ1) is 10.5. The Hall–Kier alpha value is -2.63. The van der Waals surface area contributed by atoms with Crippen LogP contribution in [0.2, 0.25) is 0 Å². The van der Waals surface area contributed by atoms with Crippen molar-refractivity contribution in [1.82, 2.24) is 14.7 Å². The molecule has 0 aliphatic carbocycles. The summed E-state index contributed by atoms with van der Waals surface area (Å²) >= 11 is 0. The van der Waals surface area contributed by atoms with Crippen molar-refractivity contribution in [3.05, 3.63) is 47.8 Å². The number of carboxylic acids is 1. The number of amides is 1. The van der Waals surface area contributed by atoms with Gasteiger partial charge in [-0.3, -0.25) is 9.59 Å². The van der Waals surface area contributed by atoms with E-state index in [0.29, 0.717) is 18.7 Å². The normalized spacial score (nSPS) is 10.5. The molecule has 0 bridgehead atoms. The Bertz CT molecular complexity index is 665. The minimum atomic E-state index is -0.856. The minimum absolute atomic E-state index is 0.0507. The number of aromatic nitrogens is 2. The van der Waals surface area contributed by atoms with Gasteiger partial charge in [0.2, 0.25) is 0 Å². The van der Waals surface area contributed by atoms with Crippen LogP contribution in [0.15, 0.2) is 36.4 Å². The molecule has 2 rings (SSSR count). The summed E-state index contributed by atoms with van der Waals surface area (Å²) in [7, 11) is 1.65. The number of hydrogen-bond donors (Lipinski definition) is 1. The number of aliphatic carboxylic acids is 1. The molecule has 1 amide bonds. The van der Waals surface area contributed by atoms with E-state index >= 15 is 0 Å². The molecule has 0 saturated carbocycles. The Morgan fingerprint density at radius 3 is 2.59 bits per heavy atom. The van der Waals surface area contributed by atoms with Gasteiger partial charge >= 0.3 is 5.97 Å². The zero-order chi connectivity index (χ0) is 16.1. The Kier molecular flexibility index (Phi) is 4.93. The van der Waals surface area contributed by atoms with Gasteiger partial charge in [-0.1, -0.05) is 18.2 Å². The lowest BCUT2D eigenvalue weighted by Crippen LogP contribution is -2.28. The highest BCUT2D eigenvalue weighted by molar-refractivity contribution is 5.92. The third kappa shape index (κ3) is 3.72. The first-order valence-electron chi connectivity index (χ1n) is 7.08. The van der Waals surface area contributed by atoms with E-state index in [1.54, 1.807) is 17.8 Å². The largest absolute Gasteiger partial charge is 0.481 e. The second-order valence-corrected chi connectivity index (χ2v) is 5.14. The van der Waals surface area contributed by atoms with Crippen molar-refractivity contribution in [3.63, 3.8) is 0 Å². The molecule has 1 heterocycles. The van der Waals surface area contributed by atoms with Gasteiger partial charge in [-0.25, -0.2) is 4.68 Å². The maximum Gasteiger partial charge on any atom is 0.303 e. The third-order valence-electron chi connectivity index (χ3n) is 3.34. The lowest BCUT2D eigenvalue weighted by atomic mass is 10.2. The molecule has 0 aliphatic heterocycles. The lowest BCUT2D eigenvalue weighted by Gasteiger charge is -2.14. The van der Waals surface area contributed by atoms with Crippen molar-refractivity contribution < 1.29 is 14.7 Å². The monoisotopic (exact) mass is 301 g/mol. The average Bonchev–Trinajstić information content (AvgIpc) is 2.88. The molecule has 6 heteroatoms. The second kappa shape index (κ2) is 6.89. The number of carboxylic acid groups (broad SMARTS) is 1. The molecule has 6 nitrogen and oxygen atoms in total. The molecule has 0 unspecified atom stereocenters. The summed E-state index contributed by atoms with van der Waals surface area (Å²) < 4.78 is 1.72. The van der Waals surface area contributed by atoms with E-state index in [4.69, 9.17) is 5.11 Å². The molecule has 116 valence electrons. The lowest BCUT2D eigenvalue weighted by molar-refractivity contribution is -0.137. The summed E-state index contributed by atoms with van der Waals surface area (Å²) in [6, 6.07) is 11.3. The van der Waals surface area contributed by atoms with Crippen molar-refractivity contribution >= 4 is 11.9 Å². The van der Waals surface area contributed by atoms with Crippen molar-refractivity contribution in [2.45, 2.75) is 19.8 Å². The molecule has 2 aromatic rings. The summed E-state index contributed by atoms with van der Waals surface area (Å²) in [5.74, 6) is -1.06. The number of hydrogen-bond acceptors (Lipinski definition) is 3. The van der Waals surface area contributed by atoms with Crippen molar-refractivity contribution in [3.8, 4) is 5.69 Å². The van der Waals surface area contributed by atoms with Crippen LogP contribution in [0, 0.1) is 6.92 Å². The van der Waals surface area contributed by atoms with Gasteiger partial charge < -0.3 is 10.0 Å². The first-order valence-corrected chi connectivity index (χ1v) is 7.08. The fourth-order valence-corrected chi connectivity index (χ4v) is 2.17. The molecule has 0 saturated heterocycles. The van der Waals surface area contributed by atoms with E-state index in [9.17, 15) is 9.59 Å². The minimum Gasteiger partial charge on any atom is -0.481 e. The topological polar surface area (TPSA) is 75.4 Å². The van der Waals surface area contributed by atoms with Gasteiger partial charge in [0.15, 0.2) is 5.69 Å². The number of rotatable bonds is 6. The Morgan fingerprint density at radius 2 is 1.95 bits per heavy atom. The average molecular weight is 301 g/mol. The number of para-hydroxylation sites is 1. The van der Waals surface area contributed by atoms with Gasteiger partial charge in [0.05, 0.1) is 5.69 Å². The van der Waals surface area contributed by atoms with Crippen LogP contribution >= 0.6 is 0 Å². The third-order valence-corrected chi connectivity index (χ3v) is 3.34. The Balaban J connectivity index is 2.09. The van der Waals surface area contributed by atoms with Crippen LogP contribution in [-0.4, -0.2) is 45.3 Å². The Morgan fingerprint density at radius 1 is 1.27 bits per heavy atom. The van der Waals surface area contributed by atoms with E-state index < -0.39 is 5.97 Å². The van der Waals surface area contributed by atoms with Crippen molar-refractivity contribution in [1.29, 1.82) is 0 Å². The molecule has 0 spiro atoms. The van der Waals surface area contributed by atoms with Crippen LogP contribution in [-0.2, 0) is 4.79 Å². The summed E-state index contributed by atoms with van der Waals surface area (Å²) in [6.45, 7) is 2.28. The van der Waals surface area contributed by atoms with Gasteiger partial charge in [0.1, 0.15) is 0 Å². The molecule has 1 aromatic heterocycles. The molecule has 1 N–H and O–H groups in total. The number of nitrogens with zero attached hydrogens (tertiary/aromatic N) is 3. The number of carbonyl (C=O) groups excluding carboxylic acids is 1. The van der Waals surface area contributed by atoms with Gasteiger partial charge in [-0.2, -0.15) is 5.10 Å². The van der Waals surface area contributed by atoms with Crippen molar-refractivity contribution in [2.24, 2.45) is 0 Å². The number of aryl methyl sites for hydroxylation is 1. The molecule has 1 aromatic carbocycles. The summed E-state index contributed by atoms with van der Waals surface area (Å²) in [5, 5.41) is 13.0. The van der Waals surface area contributed by atoms with E-state index in [-0.39, 0.29) is 12.3 Å². The zero-order valence-corrected chi connectivity index (χ0v) is 12.7. The quantitative estimate of drug-likeness (QED) is 0.886. The molecule has 0 fully saturated rings. The van der Waals surface area contributed by atoms with Crippen LogP contribution in [0.1, 0.15) is 29.0 Å². The van der Waals surface area contributed by atoms with Gasteiger partial charge in [0, 0.05) is 25.7 Å². The fourth-order valence-electron chi connectivity index (χ4n) is 2.17. The molecule has 0 aliphatic rings. The van der Waals surface area contributed by atoms with Crippen molar-refractivity contribution in [2.75, 3.05) is 13.6 Å². The summed E-state index contributed by atoms with van der Waals surface area (Å²) in [4.78, 5) is 24.3. The summed E-state index contributed by atoms with van der Waals surface area (Å²) in [6.07, 6.45) is 0.477. The molecule has 0 radical (unpaired) electrons. The number of carbonyl (C=O) groups is 2. The van der Waals surface area contributed by atoms with E-state index in [1.807, 2.05) is 37.3 Å². The van der Waals surface area contributed by atoms with Gasteiger partial charge in [-0.05, 0) is 31.5 Å². The molecular formula is C16H19N3O3. The zero-order valence-electron chi connectivity index (χ0n) is 12.7. The first kappa shape index (κ1) is 15.8. The number of benzene rings is 1. The SMILES string of the molecule is Cc1cc(C(=O)N(C)CCCC(=O)O)nn1-c1ccccc1. The molecule has 22 heavy (non-hydrogen) atoms. The van der Waals surface area contributed by atoms with E-state index in [0.717, 1.165) is 11.4 Å². The standard InChI is InChI=1S/C16H19N3O3/c1-12-11-14(16(22)18(2)10-6-9-15(20)21)17-19(12)13-7-4-3-5-8-13/h3-5,7-8,11H,6,9-10H2,1-2H3,(H,20,21). The van der Waals surface area contributed by atoms with Gasteiger partial charge in [0.25, 0.3) is 5.91 Å². The maximum absolute atomic E-state index is 12.3. The van der Waals surface area contributed by atoms with Crippen LogP contribution in [0.4, 0.5) is 0 Å². The van der Waals surface area contributed by atoms with Crippen LogP contribution in [0.5, 0.6) is 0 Å². The van der Waals surface area contributed by atoms with Crippen LogP contribution in [0.3, 0.4) is 0 Å². The fraction of sp³-hybridized carbons (Fsp3) is 0.312. The van der Waals surface area contributed by atoms with E-state index in [2.05, 4.69) is 5.10 Å². The molecule has 0 atom stereocenters. The maximum atomic E-state index is 12.3. The predicted molar refractivity (Wildman–Crippen MR) is 82.1 cm³/mol. The summed E-state index contributed by atoms with van der Waals surface area (Å²) in [5.41, 5.74) is 2.13. The van der Waals surface area contributed by atoms with E-state index in [1.165, 1.54) is 4.90 Å². The molecular weight excluding hydrogens is 282 g/mol. The van der Waals surface area contributed by atoms with Gasteiger partial charge in [-0.15, -0.1) is 0 Å². The highest BCUT2D eigenvalue weighted by atomic mass is 16.4. The van der Waals surface area contributed by atoms with Crippen LogP contribution < -0.4 is 0 Å². The highest BCUT2D eigenvalue weighted by Gasteiger charge is 2.17.